The molecule has 2 aromatic rings. The van der Waals surface area contributed by atoms with E-state index in [0.29, 0.717) is 11.5 Å². The predicted molar refractivity (Wildman–Crippen MR) is 153 cm³/mol. The van der Waals surface area contributed by atoms with Crippen LogP contribution in [0.1, 0.15) is 31.9 Å². The van der Waals surface area contributed by atoms with Crippen LogP contribution in [0.25, 0.3) is 0 Å². The molecule has 2 aromatic carbocycles. The fraction of sp³-hybridized carbons (Fsp3) is 0.429. The van der Waals surface area contributed by atoms with Crippen LogP contribution in [0, 0.1) is 0 Å². The third-order valence-electron chi connectivity index (χ3n) is 5.84. The minimum atomic E-state index is -4.06. The number of benzene rings is 2. The molecule has 0 radical (unpaired) electrons. The Bertz CT molecular complexity index is 1160. The topological polar surface area (TPSA) is 130 Å². The molecule has 0 bridgehead atoms. The lowest BCUT2D eigenvalue weighted by atomic mass is 10.2. The quantitative estimate of drug-likeness (QED) is 0.252. The van der Waals surface area contributed by atoms with E-state index in [1.807, 2.05) is 13.8 Å². The van der Waals surface area contributed by atoms with Crippen LogP contribution in [0.3, 0.4) is 0 Å². The van der Waals surface area contributed by atoms with Crippen molar-refractivity contribution in [2.24, 2.45) is 9.98 Å². The highest BCUT2D eigenvalue weighted by Crippen LogP contribution is 2.24. The van der Waals surface area contributed by atoms with Gasteiger partial charge in [0.2, 0.25) is 10.0 Å². The van der Waals surface area contributed by atoms with Gasteiger partial charge in [0.15, 0.2) is 5.84 Å². The SMILES string of the molecule is C=NC(=NC=C(C)C)[C@@H](OC[C@@H](O)CO)[C@H](C)S(=O)(=O)N(Cc1ccc(OC)cc1)Cc1ccc(OC)cc1. The van der Waals surface area contributed by atoms with Crippen molar-refractivity contribution in [3.8, 4) is 11.5 Å². The summed E-state index contributed by atoms with van der Waals surface area (Å²) in [7, 11) is -0.939. The van der Waals surface area contributed by atoms with E-state index in [-0.39, 0.29) is 25.5 Å². The van der Waals surface area contributed by atoms with Crippen LogP contribution in [0.5, 0.6) is 11.5 Å². The Morgan fingerprint density at radius 2 is 1.49 bits per heavy atom. The summed E-state index contributed by atoms with van der Waals surface area (Å²) >= 11 is 0. The molecule has 214 valence electrons. The standard InChI is InChI=1S/C28H39N3O7S/c1-20(2)15-30-28(29-4)27(38-19-24(33)18-32)21(3)39(34,35)31(16-22-7-11-25(36-5)12-8-22)17-23-9-13-26(37-6)14-10-23/h7-15,21,24,27,32-33H,4,16-19H2,1-3,5-6H3/t21-,24-,27-/m0/s1. The third-order valence-corrected chi connectivity index (χ3v) is 8.01. The van der Waals surface area contributed by atoms with Crippen molar-refractivity contribution in [3.05, 3.63) is 71.4 Å². The predicted octanol–water partition coefficient (Wildman–Crippen LogP) is 3.19. The Labute approximate surface area is 231 Å². The van der Waals surface area contributed by atoms with Crippen LogP contribution in [0.15, 0.2) is 70.3 Å². The molecule has 0 aliphatic heterocycles. The fourth-order valence-corrected chi connectivity index (χ4v) is 5.22. The molecule has 11 heteroatoms. The van der Waals surface area contributed by atoms with Crippen molar-refractivity contribution in [1.82, 2.24) is 4.31 Å². The van der Waals surface area contributed by atoms with E-state index in [2.05, 4.69) is 16.7 Å². The first-order valence-corrected chi connectivity index (χ1v) is 13.9. The summed E-state index contributed by atoms with van der Waals surface area (Å²) in [5.74, 6) is 1.36. The number of aliphatic hydroxyl groups is 2. The van der Waals surface area contributed by atoms with Crippen molar-refractivity contribution in [3.63, 3.8) is 0 Å². The normalized spacial score (nSPS) is 14.4. The largest absolute Gasteiger partial charge is 0.497 e. The van der Waals surface area contributed by atoms with Gasteiger partial charge in [0.1, 0.15) is 29.0 Å². The zero-order chi connectivity index (χ0) is 29.0. The Balaban J connectivity index is 2.51. The van der Waals surface area contributed by atoms with E-state index in [1.165, 1.54) is 17.4 Å². The molecule has 0 amide bonds. The van der Waals surface area contributed by atoms with Crippen molar-refractivity contribution < 1.29 is 32.8 Å². The number of hydrogen-bond donors (Lipinski definition) is 2. The number of hydrogen-bond acceptors (Lipinski definition) is 8. The van der Waals surface area contributed by atoms with Gasteiger partial charge in [-0.3, -0.25) is 0 Å². The molecule has 0 fully saturated rings. The zero-order valence-electron chi connectivity index (χ0n) is 23.1. The molecule has 0 spiro atoms. The van der Waals surface area contributed by atoms with Gasteiger partial charge in [0, 0.05) is 19.3 Å². The highest BCUT2D eigenvalue weighted by molar-refractivity contribution is 7.89. The van der Waals surface area contributed by atoms with Gasteiger partial charge in [-0.1, -0.05) is 29.8 Å². The van der Waals surface area contributed by atoms with Gasteiger partial charge < -0.3 is 24.4 Å². The summed E-state index contributed by atoms with van der Waals surface area (Å²) < 4.78 is 45.9. The maximum absolute atomic E-state index is 14.2. The summed E-state index contributed by atoms with van der Waals surface area (Å²) in [5.41, 5.74) is 2.38. The van der Waals surface area contributed by atoms with E-state index < -0.39 is 34.1 Å². The van der Waals surface area contributed by atoms with Gasteiger partial charge in [-0.05, 0) is 62.9 Å². The maximum Gasteiger partial charge on any atom is 0.220 e. The fourth-order valence-electron chi connectivity index (χ4n) is 3.58. The molecule has 39 heavy (non-hydrogen) atoms. The van der Waals surface area contributed by atoms with Crippen LogP contribution in [-0.4, -0.2) is 80.4 Å². The zero-order valence-corrected chi connectivity index (χ0v) is 24.0. The molecular formula is C28H39N3O7S. The minimum absolute atomic E-state index is 0.0475. The average molecular weight is 562 g/mol. The number of amidine groups is 1. The van der Waals surface area contributed by atoms with E-state index >= 15 is 0 Å². The van der Waals surface area contributed by atoms with E-state index in [0.717, 1.165) is 16.7 Å². The lowest BCUT2D eigenvalue weighted by Gasteiger charge is -2.30. The summed E-state index contributed by atoms with van der Waals surface area (Å²) in [4.78, 5) is 8.23. The molecule has 3 atom stereocenters. The molecule has 0 aliphatic carbocycles. The number of rotatable bonds is 15. The Kier molecular flexibility index (Phi) is 12.8. The highest BCUT2D eigenvalue weighted by Gasteiger charge is 2.38. The summed E-state index contributed by atoms with van der Waals surface area (Å²) in [6.45, 7) is 8.02. The molecule has 0 saturated carbocycles. The third kappa shape index (κ3) is 9.55. The maximum atomic E-state index is 14.2. The Morgan fingerprint density at radius 1 is 1.00 bits per heavy atom. The number of sulfonamides is 1. The van der Waals surface area contributed by atoms with E-state index in [1.54, 1.807) is 62.8 Å². The number of allylic oxidation sites excluding steroid dienone is 1. The second kappa shape index (κ2) is 15.5. The van der Waals surface area contributed by atoms with Gasteiger partial charge in [0.25, 0.3) is 0 Å². The van der Waals surface area contributed by atoms with Gasteiger partial charge in [0.05, 0.1) is 27.4 Å². The molecule has 0 heterocycles. The second-order valence-corrected chi connectivity index (χ2v) is 11.4. The lowest BCUT2D eigenvalue weighted by Crippen LogP contribution is -2.47. The molecule has 2 rings (SSSR count). The van der Waals surface area contributed by atoms with Crippen molar-refractivity contribution >= 4 is 22.6 Å². The number of aliphatic hydroxyl groups excluding tert-OH is 2. The van der Waals surface area contributed by atoms with Crippen molar-refractivity contribution in [2.45, 2.75) is 51.3 Å². The van der Waals surface area contributed by atoms with Gasteiger partial charge in [-0.2, -0.15) is 4.31 Å². The minimum Gasteiger partial charge on any atom is -0.497 e. The lowest BCUT2D eigenvalue weighted by molar-refractivity contribution is -0.00879. The highest BCUT2D eigenvalue weighted by atomic mass is 32.2. The molecule has 0 aromatic heterocycles. The Hall–Kier alpha value is -3.09. The van der Waals surface area contributed by atoms with E-state index in [9.17, 15) is 18.6 Å². The van der Waals surface area contributed by atoms with Crippen LogP contribution >= 0.6 is 0 Å². The first kappa shape index (κ1) is 32.1. The van der Waals surface area contributed by atoms with Gasteiger partial charge >= 0.3 is 0 Å². The second-order valence-electron chi connectivity index (χ2n) is 9.16. The monoisotopic (exact) mass is 561 g/mol. The number of methoxy groups -OCH3 is 2. The smallest absolute Gasteiger partial charge is 0.220 e. The van der Waals surface area contributed by atoms with Gasteiger partial charge in [-0.25, -0.2) is 18.4 Å². The van der Waals surface area contributed by atoms with E-state index in [4.69, 9.17) is 14.2 Å². The Morgan fingerprint density at radius 3 is 1.87 bits per heavy atom. The van der Waals surface area contributed by atoms with Crippen LogP contribution < -0.4 is 9.47 Å². The van der Waals surface area contributed by atoms with Crippen molar-refractivity contribution in [1.29, 1.82) is 0 Å². The molecule has 10 nitrogen and oxygen atoms in total. The summed E-state index contributed by atoms with van der Waals surface area (Å²) in [6, 6.07) is 14.3. The first-order chi connectivity index (χ1) is 18.5. The molecular weight excluding hydrogens is 522 g/mol. The summed E-state index contributed by atoms with van der Waals surface area (Å²) in [6.07, 6.45) is -0.834. The number of aliphatic imine (C=N–C) groups is 2. The molecule has 0 unspecified atom stereocenters. The van der Waals surface area contributed by atoms with Crippen molar-refractivity contribution in [2.75, 3.05) is 27.4 Å². The van der Waals surface area contributed by atoms with Crippen LogP contribution in [0.2, 0.25) is 0 Å². The first-order valence-electron chi connectivity index (χ1n) is 12.4. The van der Waals surface area contributed by atoms with Crippen LogP contribution in [0.4, 0.5) is 0 Å². The molecule has 2 N–H and O–H groups in total. The van der Waals surface area contributed by atoms with Gasteiger partial charge in [-0.15, -0.1) is 0 Å². The average Bonchev–Trinajstić information content (AvgIpc) is 2.94. The molecule has 0 saturated heterocycles. The summed E-state index contributed by atoms with van der Waals surface area (Å²) in [5, 5.41) is 18.0. The molecule has 0 aliphatic rings. The number of ether oxygens (including phenoxy) is 3. The van der Waals surface area contributed by atoms with Crippen LogP contribution in [-0.2, 0) is 27.8 Å². The number of nitrogens with zero attached hydrogens (tertiary/aromatic N) is 3.